The monoisotopic (exact) mass is 566 g/mol. The van der Waals surface area contributed by atoms with Crippen molar-refractivity contribution in [2.24, 2.45) is 7.05 Å². The van der Waals surface area contributed by atoms with Crippen molar-refractivity contribution in [2.75, 3.05) is 23.4 Å². The molecule has 3 aromatic rings. The molecule has 212 valence electrons. The fourth-order valence-electron chi connectivity index (χ4n) is 4.76. The highest BCUT2D eigenvalue weighted by atomic mass is 19.4. The number of hydrogen-bond acceptors (Lipinski definition) is 5. The summed E-state index contributed by atoms with van der Waals surface area (Å²) in [5.41, 5.74) is -3.55. The number of aryl methyl sites for hydroxylation is 2. The molecule has 1 aromatic heterocycles. The van der Waals surface area contributed by atoms with Crippen molar-refractivity contribution >= 4 is 11.6 Å². The standard InChI is InChI=1S/C24H23F9N6/c1-13-7-17-19(5-4-6-37(2)20(17)11-18(13)24(31,32)33)39(21-34-36-38(3)35-21)12-14-8-15(22(25,26)27)10-16(9-14)23(28,29)30/h7-11,19H,4-6,12H2,1-3H3. The van der Waals surface area contributed by atoms with Crippen molar-refractivity contribution in [1.82, 2.24) is 20.2 Å². The lowest BCUT2D eigenvalue weighted by Crippen LogP contribution is -2.30. The molecule has 0 amide bonds. The van der Waals surface area contributed by atoms with Crippen LogP contribution in [0.2, 0.25) is 0 Å². The van der Waals surface area contributed by atoms with Crippen LogP contribution in [0.25, 0.3) is 0 Å². The van der Waals surface area contributed by atoms with E-state index in [-0.39, 0.29) is 28.8 Å². The lowest BCUT2D eigenvalue weighted by atomic mass is 9.94. The second-order valence-electron chi connectivity index (χ2n) is 9.42. The summed E-state index contributed by atoms with van der Waals surface area (Å²) >= 11 is 0. The van der Waals surface area contributed by atoms with Crippen LogP contribution in [-0.2, 0) is 32.1 Å². The Morgan fingerprint density at radius 1 is 0.872 bits per heavy atom. The molecule has 0 bridgehead atoms. The maximum atomic E-state index is 13.7. The van der Waals surface area contributed by atoms with E-state index in [0.29, 0.717) is 37.1 Å². The molecule has 0 N–H and O–H groups in total. The molecule has 1 aliphatic heterocycles. The second kappa shape index (κ2) is 9.90. The summed E-state index contributed by atoms with van der Waals surface area (Å²) in [6.07, 6.45) is -13.9. The van der Waals surface area contributed by atoms with Gasteiger partial charge in [-0.05, 0) is 65.9 Å². The molecule has 4 rings (SSSR count). The van der Waals surface area contributed by atoms with Crippen LogP contribution in [0.5, 0.6) is 0 Å². The predicted molar refractivity (Wildman–Crippen MR) is 123 cm³/mol. The van der Waals surface area contributed by atoms with Gasteiger partial charge in [0.05, 0.1) is 29.8 Å². The molecular weight excluding hydrogens is 543 g/mol. The van der Waals surface area contributed by atoms with E-state index in [1.165, 1.54) is 24.9 Å². The zero-order valence-corrected chi connectivity index (χ0v) is 20.9. The summed E-state index contributed by atoms with van der Waals surface area (Å²) in [4.78, 5) is 4.09. The molecule has 2 heterocycles. The SMILES string of the molecule is Cc1cc2c(cc1C(F)(F)F)N(C)CCCC2N(Cc1cc(C(F)(F)F)cc(C(F)(F)F)c1)c1nnn(C)n1. The highest BCUT2D eigenvalue weighted by Gasteiger charge is 2.39. The third-order valence-corrected chi connectivity index (χ3v) is 6.55. The minimum absolute atomic E-state index is 0.0341. The molecule has 6 nitrogen and oxygen atoms in total. The molecule has 0 spiro atoms. The van der Waals surface area contributed by atoms with Gasteiger partial charge in [-0.2, -0.15) is 44.3 Å². The average molecular weight is 566 g/mol. The molecule has 2 aromatic carbocycles. The summed E-state index contributed by atoms with van der Waals surface area (Å²) < 4.78 is 122. The number of alkyl halides is 9. The molecule has 15 heteroatoms. The lowest BCUT2D eigenvalue weighted by Gasteiger charge is -2.32. The summed E-state index contributed by atoms with van der Waals surface area (Å²) in [6, 6.07) is 2.84. The van der Waals surface area contributed by atoms with Gasteiger partial charge in [0.2, 0.25) is 0 Å². The largest absolute Gasteiger partial charge is 0.416 e. The summed E-state index contributed by atoms with van der Waals surface area (Å²) in [7, 11) is 3.04. The zero-order valence-electron chi connectivity index (χ0n) is 20.9. The molecule has 1 unspecified atom stereocenters. The van der Waals surface area contributed by atoms with Gasteiger partial charge in [0, 0.05) is 25.8 Å². The van der Waals surface area contributed by atoms with Gasteiger partial charge < -0.3 is 9.80 Å². The first-order valence-electron chi connectivity index (χ1n) is 11.7. The van der Waals surface area contributed by atoms with E-state index < -0.39 is 47.8 Å². The predicted octanol–water partition coefficient (Wildman–Crippen LogP) is 6.55. The quantitative estimate of drug-likeness (QED) is 0.335. The van der Waals surface area contributed by atoms with Gasteiger partial charge in [0.25, 0.3) is 5.95 Å². The molecular formula is C24H23F9N6. The van der Waals surface area contributed by atoms with Crippen molar-refractivity contribution in [3.63, 3.8) is 0 Å². The third-order valence-electron chi connectivity index (χ3n) is 6.55. The number of halogens is 9. The van der Waals surface area contributed by atoms with Gasteiger partial charge in [0.1, 0.15) is 0 Å². The Labute approximate surface area is 217 Å². The Kier molecular flexibility index (Phi) is 7.23. The smallest absolute Gasteiger partial charge is 0.374 e. The minimum atomic E-state index is -5.05. The van der Waals surface area contributed by atoms with Crippen LogP contribution in [0.1, 0.15) is 52.3 Å². The zero-order chi connectivity index (χ0) is 28.9. The van der Waals surface area contributed by atoms with E-state index in [2.05, 4.69) is 15.4 Å². The molecule has 0 saturated carbocycles. The minimum Gasteiger partial charge on any atom is -0.374 e. The number of aromatic nitrogens is 4. The van der Waals surface area contributed by atoms with Crippen LogP contribution >= 0.6 is 0 Å². The van der Waals surface area contributed by atoms with Crippen molar-refractivity contribution in [3.05, 3.63) is 63.7 Å². The molecule has 0 radical (unpaired) electrons. The highest BCUT2D eigenvalue weighted by Crippen LogP contribution is 2.43. The Morgan fingerprint density at radius 2 is 1.49 bits per heavy atom. The Balaban J connectivity index is 1.88. The van der Waals surface area contributed by atoms with Crippen LogP contribution in [0.4, 0.5) is 51.1 Å². The number of tetrazole rings is 1. The first kappa shape index (κ1) is 28.5. The second-order valence-corrected chi connectivity index (χ2v) is 9.42. The lowest BCUT2D eigenvalue weighted by molar-refractivity contribution is -0.143. The number of benzene rings is 2. The molecule has 1 aliphatic rings. The average Bonchev–Trinajstić information content (AvgIpc) is 3.17. The highest BCUT2D eigenvalue weighted by molar-refractivity contribution is 5.61. The number of hydrogen-bond donors (Lipinski definition) is 0. The number of nitrogens with zero attached hydrogens (tertiary/aromatic N) is 6. The molecule has 0 aliphatic carbocycles. The number of anilines is 2. The van der Waals surface area contributed by atoms with E-state index in [1.807, 2.05) is 0 Å². The van der Waals surface area contributed by atoms with Gasteiger partial charge in [0.15, 0.2) is 0 Å². The van der Waals surface area contributed by atoms with E-state index in [4.69, 9.17) is 0 Å². The topological polar surface area (TPSA) is 50.1 Å². The number of rotatable bonds is 4. The fourth-order valence-corrected chi connectivity index (χ4v) is 4.76. The van der Waals surface area contributed by atoms with Crippen molar-refractivity contribution in [1.29, 1.82) is 0 Å². The molecule has 1 atom stereocenters. The van der Waals surface area contributed by atoms with Crippen molar-refractivity contribution < 1.29 is 39.5 Å². The first-order chi connectivity index (χ1) is 17.9. The van der Waals surface area contributed by atoms with Crippen LogP contribution in [0.3, 0.4) is 0 Å². The number of fused-ring (bicyclic) bond motifs is 1. The normalized spacial score (nSPS) is 16.7. The van der Waals surface area contributed by atoms with Crippen LogP contribution in [-0.4, -0.2) is 33.8 Å². The maximum absolute atomic E-state index is 13.7. The Hall–Kier alpha value is -3.52. The van der Waals surface area contributed by atoms with E-state index in [0.717, 1.165) is 10.9 Å². The van der Waals surface area contributed by atoms with Gasteiger partial charge >= 0.3 is 18.5 Å². The van der Waals surface area contributed by atoms with Gasteiger partial charge in [-0.3, -0.25) is 0 Å². The van der Waals surface area contributed by atoms with Gasteiger partial charge in [-0.15, -0.1) is 5.10 Å². The summed E-state index contributed by atoms with van der Waals surface area (Å²) in [5.74, 6) is -0.0958. The third kappa shape index (κ3) is 6.06. The Morgan fingerprint density at radius 3 is 2.00 bits per heavy atom. The van der Waals surface area contributed by atoms with Gasteiger partial charge in [-0.25, -0.2) is 0 Å². The van der Waals surface area contributed by atoms with E-state index >= 15 is 0 Å². The molecule has 0 fully saturated rings. The molecule has 39 heavy (non-hydrogen) atoms. The van der Waals surface area contributed by atoms with E-state index in [9.17, 15) is 39.5 Å². The fraction of sp³-hybridized carbons (Fsp3) is 0.458. The van der Waals surface area contributed by atoms with Crippen molar-refractivity contribution in [2.45, 2.75) is 50.9 Å². The Bertz CT molecular complexity index is 1310. The van der Waals surface area contributed by atoms with Crippen LogP contribution in [0.15, 0.2) is 30.3 Å². The summed E-state index contributed by atoms with van der Waals surface area (Å²) in [5, 5.41) is 11.8. The first-order valence-corrected chi connectivity index (χ1v) is 11.7. The van der Waals surface area contributed by atoms with Crippen LogP contribution < -0.4 is 9.80 Å². The maximum Gasteiger partial charge on any atom is 0.416 e. The van der Waals surface area contributed by atoms with E-state index in [1.54, 1.807) is 11.9 Å². The molecule has 0 saturated heterocycles. The van der Waals surface area contributed by atoms with Crippen LogP contribution in [0, 0.1) is 6.92 Å². The van der Waals surface area contributed by atoms with Gasteiger partial charge in [-0.1, -0.05) is 11.2 Å². The summed E-state index contributed by atoms with van der Waals surface area (Å²) in [6.45, 7) is 1.17. The van der Waals surface area contributed by atoms with Crippen molar-refractivity contribution in [3.8, 4) is 0 Å².